The van der Waals surface area contributed by atoms with Gasteiger partial charge in [-0.15, -0.1) is 6.58 Å². The van der Waals surface area contributed by atoms with Crippen LogP contribution in [0.3, 0.4) is 0 Å². The van der Waals surface area contributed by atoms with Gasteiger partial charge in [-0.3, -0.25) is 4.79 Å². The van der Waals surface area contributed by atoms with Crippen LogP contribution in [-0.4, -0.2) is 19.1 Å². The second-order valence-corrected chi connectivity index (χ2v) is 3.87. The molecule has 0 bridgehead atoms. The van der Waals surface area contributed by atoms with Gasteiger partial charge in [-0.2, -0.15) is 0 Å². The highest BCUT2D eigenvalue weighted by molar-refractivity contribution is 9.10. The first-order chi connectivity index (χ1) is 7.63. The molecule has 86 valence electrons. The number of carbonyl (C=O) groups is 1. The van der Waals surface area contributed by atoms with E-state index in [1.807, 2.05) is 0 Å². The van der Waals surface area contributed by atoms with Gasteiger partial charge in [0, 0.05) is 11.0 Å². The predicted octanol–water partition coefficient (Wildman–Crippen LogP) is 2.27. The van der Waals surface area contributed by atoms with Crippen molar-refractivity contribution in [3.63, 3.8) is 0 Å². The third kappa shape index (κ3) is 4.02. The minimum atomic E-state index is -0.500. The fourth-order valence-electron chi connectivity index (χ4n) is 0.968. The van der Waals surface area contributed by atoms with Crippen molar-refractivity contribution >= 4 is 21.8 Å². The van der Waals surface area contributed by atoms with Gasteiger partial charge < -0.3 is 10.1 Å². The van der Waals surface area contributed by atoms with Crippen molar-refractivity contribution in [1.82, 2.24) is 5.32 Å². The number of hydrogen-bond donors (Lipinski definition) is 1. The summed E-state index contributed by atoms with van der Waals surface area (Å²) < 4.78 is 18.9. The summed E-state index contributed by atoms with van der Waals surface area (Å²) in [5, 5.41) is 2.52. The Bertz CT molecular complexity index is 396. The first-order valence-corrected chi connectivity index (χ1v) is 5.38. The lowest BCUT2D eigenvalue weighted by atomic mass is 10.3. The largest absolute Gasteiger partial charge is 0.481 e. The lowest BCUT2D eigenvalue weighted by molar-refractivity contribution is -0.122. The summed E-state index contributed by atoms with van der Waals surface area (Å²) in [5.74, 6) is -0.776. The molecular formula is C11H11BrFNO2. The number of ether oxygens (including phenoxy) is 1. The minimum Gasteiger partial charge on any atom is -0.481 e. The Morgan fingerprint density at radius 2 is 2.38 bits per heavy atom. The van der Waals surface area contributed by atoms with Gasteiger partial charge in [0.2, 0.25) is 0 Å². The van der Waals surface area contributed by atoms with Gasteiger partial charge in [0.05, 0.1) is 0 Å². The topological polar surface area (TPSA) is 38.3 Å². The molecule has 1 rings (SSSR count). The van der Waals surface area contributed by atoms with Crippen LogP contribution in [0.25, 0.3) is 0 Å². The molecule has 0 atom stereocenters. The number of nitrogens with one attached hydrogen (secondary N) is 1. The first-order valence-electron chi connectivity index (χ1n) is 4.59. The number of carbonyl (C=O) groups excluding carboxylic acids is 1. The Balaban J connectivity index is 2.50. The Labute approximate surface area is 101 Å². The average Bonchev–Trinajstić information content (AvgIpc) is 2.27. The maximum atomic E-state index is 13.2. The van der Waals surface area contributed by atoms with Crippen molar-refractivity contribution < 1.29 is 13.9 Å². The van der Waals surface area contributed by atoms with Crippen LogP contribution in [0.5, 0.6) is 5.75 Å². The number of benzene rings is 1. The van der Waals surface area contributed by atoms with E-state index < -0.39 is 5.82 Å². The SMILES string of the molecule is C=CCNC(=O)COc1cc(Br)ccc1F. The molecule has 0 saturated heterocycles. The van der Waals surface area contributed by atoms with E-state index in [-0.39, 0.29) is 18.3 Å². The Kier molecular flexibility index (Phi) is 4.98. The van der Waals surface area contributed by atoms with E-state index in [2.05, 4.69) is 27.8 Å². The molecule has 0 aliphatic rings. The molecule has 1 aromatic rings. The number of halogens is 2. The number of hydrogen-bond acceptors (Lipinski definition) is 2. The van der Waals surface area contributed by atoms with Gasteiger partial charge in [-0.05, 0) is 18.2 Å². The maximum absolute atomic E-state index is 13.2. The van der Waals surface area contributed by atoms with Gasteiger partial charge in [0.15, 0.2) is 18.2 Å². The molecule has 1 N–H and O–H groups in total. The molecule has 1 amide bonds. The summed E-state index contributed by atoms with van der Waals surface area (Å²) in [7, 11) is 0. The third-order valence-electron chi connectivity index (χ3n) is 1.70. The smallest absolute Gasteiger partial charge is 0.258 e. The normalized spacial score (nSPS) is 9.62. The van der Waals surface area contributed by atoms with Crippen LogP contribution >= 0.6 is 15.9 Å². The molecule has 0 aliphatic heterocycles. The van der Waals surface area contributed by atoms with Crippen molar-refractivity contribution in [2.45, 2.75) is 0 Å². The van der Waals surface area contributed by atoms with Gasteiger partial charge in [0.25, 0.3) is 5.91 Å². The van der Waals surface area contributed by atoms with Crippen LogP contribution in [-0.2, 0) is 4.79 Å². The minimum absolute atomic E-state index is 0.0446. The molecule has 0 spiro atoms. The average molecular weight is 288 g/mol. The fraction of sp³-hybridized carbons (Fsp3) is 0.182. The van der Waals surface area contributed by atoms with E-state index >= 15 is 0 Å². The van der Waals surface area contributed by atoms with Crippen molar-refractivity contribution in [2.24, 2.45) is 0 Å². The van der Waals surface area contributed by atoms with E-state index in [0.717, 1.165) is 0 Å². The van der Waals surface area contributed by atoms with Crippen LogP contribution in [0.4, 0.5) is 4.39 Å². The molecule has 3 nitrogen and oxygen atoms in total. The van der Waals surface area contributed by atoms with Crippen molar-refractivity contribution in [3.05, 3.63) is 41.1 Å². The molecule has 0 radical (unpaired) electrons. The van der Waals surface area contributed by atoms with Gasteiger partial charge >= 0.3 is 0 Å². The zero-order chi connectivity index (χ0) is 12.0. The highest BCUT2D eigenvalue weighted by Gasteiger charge is 2.06. The van der Waals surface area contributed by atoms with Crippen LogP contribution in [0.2, 0.25) is 0 Å². The standard InChI is InChI=1S/C11H11BrFNO2/c1-2-5-14-11(15)7-16-10-6-8(12)3-4-9(10)13/h2-4,6H,1,5,7H2,(H,14,15). The molecule has 0 heterocycles. The highest BCUT2D eigenvalue weighted by Crippen LogP contribution is 2.21. The maximum Gasteiger partial charge on any atom is 0.258 e. The second-order valence-electron chi connectivity index (χ2n) is 2.96. The van der Waals surface area contributed by atoms with E-state index in [1.54, 1.807) is 12.1 Å². The van der Waals surface area contributed by atoms with Gasteiger partial charge in [0.1, 0.15) is 0 Å². The van der Waals surface area contributed by atoms with E-state index in [4.69, 9.17) is 4.74 Å². The predicted molar refractivity (Wildman–Crippen MR) is 62.8 cm³/mol. The van der Waals surface area contributed by atoms with Crippen molar-refractivity contribution in [1.29, 1.82) is 0 Å². The molecular weight excluding hydrogens is 277 g/mol. The summed E-state index contributed by atoms with van der Waals surface area (Å²) in [5.41, 5.74) is 0. The van der Waals surface area contributed by atoms with Crippen LogP contribution in [0.1, 0.15) is 0 Å². The molecule has 0 saturated carbocycles. The van der Waals surface area contributed by atoms with Crippen LogP contribution < -0.4 is 10.1 Å². The van der Waals surface area contributed by atoms with Crippen LogP contribution in [0, 0.1) is 5.82 Å². The number of rotatable bonds is 5. The summed E-state index contributed by atoms with van der Waals surface area (Å²) in [6, 6.07) is 4.29. The molecule has 5 heteroatoms. The number of amides is 1. The summed E-state index contributed by atoms with van der Waals surface area (Å²) >= 11 is 3.18. The monoisotopic (exact) mass is 287 g/mol. The molecule has 16 heavy (non-hydrogen) atoms. The fourth-order valence-corrected chi connectivity index (χ4v) is 1.31. The quantitative estimate of drug-likeness (QED) is 0.844. The summed E-state index contributed by atoms with van der Waals surface area (Å²) in [4.78, 5) is 11.2. The van der Waals surface area contributed by atoms with E-state index in [1.165, 1.54) is 12.1 Å². The Morgan fingerprint density at radius 3 is 3.06 bits per heavy atom. The summed E-state index contributed by atoms with van der Waals surface area (Å²) in [6.45, 7) is 3.60. The van der Waals surface area contributed by atoms with E-state index in [9.17, 15) is 9.18 Å². The zero-order valence-electron chi connectivity index (χ0n) is 8.50. The van der Waals surface area contributed by atoms with Crippen molar-refractivity contribution in [3.8, 4) is 5.75 Å². The second kappa shape index (κ2) is 6.27. The molecule has 1 aromatic carbocycles. The lowest BCUT2D eigenvalue weighted by Gasteiger charge is -2.07. The van der Waals surface area contributed by atoms with E-state index in [0.29, 0.717) is 11.0 Å². The molecule has 0 aromatic heterocycles. The lowest BCUT2D eigenvalue weighted by Crippen LogP contribution is -2.28. The Morgan fingerprint density at radius 1 is 1.62 bits per heavy atom. The molecule has 0 fully saturated rings. The third-order valence-corrected chi connectivity index (χ3v) is 2.19. The zero-order valence-corrected chi connectivity index (χ0v) is 10.1. The highest BCUT2D eigenvalue weighted by atomic mass is 79.9. The van der Waals surface area contributed by atoms with Crippen LogP contribution in [0.15, 0.2) is 35.3 Å². The summed E-state index contributed by atoms with van der Waals surface area (Å²) in [6.07, 6.45) is 1.55. The van der Waals surface area contributed by atoms with Gasteiger partial charge in [-0.25, -0.2) is 4.39 Å². The van der Waals surface area contributed by atoms with Crippen molar-refractivity contribution in [2.75, 3.05) is 13.2 Å². The van der Waals surface area contributed by atoms with Gasteiger partial charge in [-0.1, -0.05) is 22.0 Å². The molecule has 0 aliphatic carbocycles. The first kappa shape index (κ1) is 12.7. The Hall–Kier alpha value is -1.36. The molecule has 0 unspecified atom stereocenters.